The monoisotopic (exact) mass is 311 g/mol. The van der Waals surface area contributed by atoms with Crippen LogP contribution in [0.4, 0.5) is 5.82 Å². The molecule has 1 aromatic rings. The van der Waals surface area contributed by atoms with E-state index in [9.17, 15) is 23.3 Å². The van der Waals surface area contributed by atoms with E-state index in [2.05, 4.69) is 5.10 Å². The highest BCUT2D eigenvalue weighted by molar-refractivity contribution is 8.13. The first kappa shape index (κ1) is 15.4. The molecule has 1 rings (SSSR count). The molecule has 0 spiro atoms. The Kier molecular flexibility index (Phi) is 4.84. The smallest absolute Gasteiger partial charge is 0.410 e. The Hall–Kier alpha value is -1.68. The van der Waals surface area contributed by atoms with Gasteiger partial charge >= 0.3 is 11.8 Å². The Morgan fingerprint density at radius 2 is 2.16 bits per heavy atom. The van der Waals surface area contributed by atoms with Crippen LogP contribution in [0.5, 0.6) is 0 Å². The molecule has 0 radical (unpaired) electrons. The summed E-state index contributed by atoms with van der Waals surface area (Å²) in [6.45, 7) is 0.167. The minimum atomic E-state index is -4.25. The maximum Gasteiger partial charge on any atom is 0.410 e. The van der Waals surface area contributed by atoms with Crippen molar-refractivity contribution >= 4 is 31.5 Å². The van der Waals surface area contributed by atoms with Gasteiger partial charge in [0.1, 0.15) is 0 Å². The van der Waals surface area contributed by atoms with Crippen molar-refractivity contribution in [2.24, 2.45) is 0 Å². The zero-order chi connectivity index (χ0) is 14.6. The molecule has 0 unspecified atom stereocenters. The topological polar surface area (TPSA) is 132 Å². The molecule has 106 valence electrons. The first-order chi connectivity index (χ1) is 8.71. The molecule has 0 aliphatic heterocycles. The SMILES string of the molecule is O=C(O)CCCCn1cc(S(=O)(=O)Cl)c([N+](=O)[O-])n1. The summed E-state index contributed by atoms with van der Waals surface area (Å²) < 4.78 is 23.3. The van der Waals surface area contributed by atoms with Crippen LogP contribution in [-0.4, -0.2) is 34.2 Å². The van der Waals surface area contributed by atoms with Gasteiger partial charge in [0.2, 0.25) is 4.90 Å². The second kappa shape index (κ2) is 5.97. The number of hydrogen-bond acceptors (Lipinski definition) is 6. The molecule has 1 heterocycles. The van der Waals surface area contributed by atoms with Gasteiger partial charge in [0.05, 0.1) is 17.8 Å². The van der Waals surface area contributed by atoms with Crippen LogP contribution < -0.4 is 0 Å². The third-order valence-corrected chi connectivity index (χ3v) is 3.49. The van der Waals surface area contributed by atoms with Crippen LogP contribution in [0.2, 0.25) is 0 Å². The molecule has 0 bridgehead atoms. The zero-order valence-electron chi connectivity index (χ0n) is 9.52. The summed E-state index contributed by atoms with van der Waals surface area (Å²) in [7, 11) is 0.812. The standard InChI is InChI=1S/C8H10ClN3O6S/c9-19(17,18)6-5-11(10-8(6)12(15)16)4-2-1-3-7(13)14/h5H,1-4H2,(H,13,14). The van der Waals surface area contributed by atoms with Crippen LogP contribution in [0.1, 0.15) is 19.3 Å². The normalized spacial score (nSPS) is 11.4. The minimum absolute atomic E-state index is 0.0377. The number of aryl methyl sites for hydroxylation is 1. The first-order valence-electron chi connectivity index (χ1n) is 5.10. The Morgan fingerprint density at radius 1 is 1.53 bits per heavy atom. The van der Waals surface area contributed by atoms with Gasteiger partial charge in [-0.3, -0.25) is 4.79 Å². The van der Waals surface area contributed by atoms with Crippen molar-refractivity contribution in [1.29, 1.82) is 0 Å². The number of nitrogens with zero attached hydrogens (tertiary/aromatic N) is 3. The number of aliphatic carboxylic acids is 1. The van der Waals surface area contributed by atoms with Crippen molar-refractivity contribution in [3.8, 4) is 0 Å². The van der Waals surface area contributed by atoms with Crippen molar-refractivity contribution in [2.75, 3.05) is 0 Å². The van der Waals surface area contributed by atoms with Crippen LogP contribution in [-0.2, 0) is 20.4 Å². The number of carboxylic acid groups (broad SMARTS) is 1. The lowest BCUT2D eigenvalue weighted by molar-refractivity contribution is -0.392. The molecule has 0 saturated heterocycles. The Labute approximate surface area is 112 Å². The molecule has 11 heteroatoms. The third-order valence-electron chi connectivity index (χ3n) is 2.17. The van der Waals surface area contributed by atoms with Crippen LogP contribution in [0.25, 0.3) is 0 Å². The number of nitro groups is 1. The van der Waals surface area contributed by atoms with Crippen LogP contribution in [0.15, 0.2) is 11.1 Å². The van der Waals surface area contributed by atoms with Crippen molar-refractivity contribution in [3.05, 3.63) is 16.3 Å². The number of hydrogen-bond donors (Lipinski definition) is 1. The summed E-state index contributed by atoms with van der Waals surface area (Å²) in [5, 5.41) is 22.6. The summed E-state index contributed by atoms with van der Waals surface area (Å²) >= 11 is 0. The molecule has 0 aliphatic rings. The van der Waals surface area contributed by atoms with Gasteiger partial charge in [-0.05, 0) is 17.8 Å². The van der Waals surface area contributed by atoms with E-state index < -0.39 is 30.7 Å². The average molecular weight is 312 g/mol. The molecule has 0 amide bonds. The van der Waals surface area contributed by atoms with Gasteiger partial charge in [-0.2, -0.15) is 4.68 Å². The maximum atomic E-state index is 11.1. The number of rotatable bonds is 7. The van der Waals surface area contributed by atoms with Gasteiger partial charge in [0.25, 0.3) is 9.05 Å². The Balaban J connectivity index is 2.82. The quantitative estimate of drug-likeness (QED) is 0.343. The summed E-state index contributed by atoms with van der Waals surface area (Å²) in [5.74, 6) is -1.79. The van der Waals surface area contributed by atoms with E-state index in [1.54, 1.807) is 0 Å². The molecule has 9 nitrogen and oxygen atoms in total. The van der Waals surface area contributed by atoms with Crippen molar-refractivity contribution in [3.63, 3.8) is 0 Å². The first-order valence-corrected chi connectivity index (χ1v) is 7.41. The molecule has 0 fully saturated rings. The second-order valence-corrected chi connectivity index (χ2v) is 6.16. The number of carboxylic acids is 1. The molecular formula is C8H10ClN3O6S. The number of unbranched alkanes of at least 4 members (excludes halogenated alkanes) is 1. The third kappa shape index (κ3) is 4.48. The predicted octanol–water partition coefficient (Wildman–Crippen LogP) is 0.974. The largest absolute Gasteiger partial charge is 0.481 e. The van der Waals surface area contributed by atoms with Gasteiger partial charge in [-0.25, -0.2) is 8.42 Å². The zero-order valence-corrected chi connectivity index (χ0v) is 11.1. The van der Waals surface area contributed by atoms with E-state index in [1.807, 2.05) is 0 Å². The minimum Gasteiger partial charge on any atom is -0.481 e. The average Bonchev–Trinajstić information content (AvgIpc) is 2.68. The highest BCUT2D eigenvalue weighted by atomic mass is 35.7. The lowest BCUT2D eigenvalue weighted by Gasteiger charge is -1.95. The van der Waals surface area contributed by atoms with Crippen molar-refractivity contribution < 1.29 is 23.2 Å². The Morgan fingerprint density at radius 3 is 2.58 bits per heavy atom. The molecule has 0 saturated carbocycles. The fraction of sp³-hybridized carbons (Fsp3) is 0.500. The van der Waals surface area contributed by atoms with Gasteiger partial charge in [-0.1, -0.05) is 0 Å². The summed E-state index contributed by atoms with van der Waals surface area (Å²) in [4.78, 5) is 19.3. The number of halogens is 1. The van der Waals surface area contributed by atoms with Gasteiger partial charge in [0, 0.05) is 17.1 Å². The molecule has 1 N–H and O–H groups in total. The summed E-state index contributed by atoms with van der Waals surface area (Å²) in [5.41, 5.74) is 0. The van der Waals surface area contributed by atoms with E-state index in [1.165, 1.54) is 0 Å². The number of aromatic nitrogens is 2. The summed E-state index contributed by atoms with van der Waals surface area (Å²) in [6.07, 6.45) is 1.67. The van der Waals surface area contributed by atoms with E-state index in [4.69, 9.17) is 15.8 Å². The lowest BCUT2D eigenvalue weighted by Crippen LogP contribution is -2.01. The van der Waals surface area contributed by atoms with E-state index in [-0.39, 0.29) is 13.0 Å². The molecule has 0 aromatic carbocycles. The number of carbonyl (C=O) groups is 1. The summed E-state index contributed by atoms with van der Waals surface area (Å²) in [6, 6.07) is 0. The molecule has 1 aromatic heterocycles. The Bertz CT molecular complexity index is 596. The van der Waals surface area contributed by atoms with Crippen molar-refractivity contribution in [1.82, 2.24) is 9.78 Å². The van der Waals surface area contributed by atoms with E-state index in [0.29, 0.717) is 12.8 Å². The highest BCUT2D eigenvalue weighted by Crippen LogP contribution is 2.25. The fourth-order valence-electron chi connectivity index (χ4n) is 1.36. The second-order valence-electron chi connectivity index (χ2n) is 3.63. The lowest BCUT2D eigenvalue weighted by atomic mass is 10.2. The van der Waals surface area contributed by atoms with Gasteiger partial charge in [-0.15, -0.1) is 0 Å². The molecule has 19 heavy (non-hydrogen) atoms. The molecular weight excluding hydrogens is 302 g/mol. The molecule has 0 atom stereocenters. The van der Waals surface area contributed by atoms with Crippen LogP contribution in [0.3, 0.4) is 0 Å². The van der Waals surface area contributed by atoms with E-state index >= 15 is 0 Å². The predicted molar refractivity (Wildman–Crippen MR) is 63.4 cm³/mol. The van der Waals surface area contributed by atoms with Crippen LogP contribution in [0, 0.1) is 10.1 Å². The van der Waals surface area contributed by atoms with Crippen molar-refractivity contribution in [2.45, 2.75) is 30.7 Å². The fourth-order valence-corrected chi connectivity index (χ4v) is 2.26. The van der Waals surface area contributed by atoms with Gasteiger partial charge in [0.15, 0.2) is 0 Å². The highest BCUT2D eigenvalue weighted by Gasteiger charge is 2.29. The molecule has 0 aliphatic carbocycles. The maximum absolute atomic E-state index is 11.1. The van der Waals surface area contributed by atoms with Crippen LogP contribution >= 0.6 is 10.7 Å². The van der Waals surface area contributed by atoms with Gasteiger partial charge < -0.3 is 15.2 Å². The van der Waals surface area contributed by atoms with E-state index in [0.717, 1.165) is 10.9 Å².